The number of benzene rings is 2. The van der Waals surface area contributed by atoms with Crippen molar-refractivity contribution in [3.8, 4) is 17.0 Å². The van der Waals surface area contributed by atoms with Crippen LogP contribution in [-0.2, 0) is 6.54 Å². The lowest BCUT2D eigenvalue weighted by Gasteiger charge is -2.32. The number of ether oxygens (including phenoxy) is 1. The quantitative estimate of drug-likeness (QED) is 0.631. The van der Waals surface area contributed by atoms with Gasteiger partial charge in [0.25, 0.3) is 11.5 Å². The monoisotopic (exact) mass is 421 g/mol. The van der Waals surface area contributed by atoms with Crippen LogP contribution in [0.3, 0.4) is 0 Å². The standard InChI is InChI=1S/C24H24FN3O3/c1-31-21-7-5-18(6-8-21)22-9-10-23(29)28(26-22)16-17-11-13-27(14-12-17)24(30)19-3-2-4-20(25)15-19/h2-10,15,17H,11-14,16H2,1H3. The summed E-state index contributed by atoms with van der Waals surface area (Å²) in [4.78, 5) is 26.7. The SMILES string of the molecule is COc1ccc(-c2ccc(=O)n(CC3CCN(C(=O)c4cccc(F)c4)CC3)n2)cc1. The number of likely N-dealkylation sites (tertiary alicyclic amines) is 1. The van der Waals surface area contributed by atoms with Gasteiger partial charge in [-0.15, -0.1) is 0 Å². The van der Waals surface area contributed by atoms with Crippen molar-refractivity contribution in [2.24, 2.45) is 5.92 Å². The van der Waals surface area contributed by atoms with E-state index in [1.54, 1.807) is 30.2 Å². The van der Waals surface area contributed by atoms with Crippen molar-refractivity contribution >= 4 is 5.91 Å². The molecular formula is C24H24FN3O3. The molecule has 0 aliphatic carbocycles. The topological polar surface area (TPSA) is 64.4 Å². The minimum atomic E-state index is -0.414. The van der Waals surface area contributed by atoms with Crippen molar-refractivity contribution < 1.29 is 13.9 Å². The predicted octanol–water partition coefficient (Wildman–Crippen LogP) is 3.61. The Hall–Kier alpha value is -3.48. The first kappa shape index (κ1) is 20.8. The summed E-state index contributed by atoms with van der Waals surface area (Å²) >= 11 is 0. The molecule has 31 heavy (non-hydrogen) atoms. The zero-order valence-corrected chi connectivity index (χ0v) is 17.3. The van der Waals surface area contributed by atoms with Crippen LogP contribution in [0, 0.1) is 11.7 Å². The number of hydrogen-bond donors (Lipinski definition) is 0. The minimum Gasteiger partial charge on any atom is -0.497 e. The van der Waals surface area contributed by atoms with Gasteiger partial charge in [-0.05, 0) is 67.3 Å². The third-order valence-electron chi connectivity index (χ3n) is 5.66. The minimum absolute atomic E-state index is 0.143. The maximum Gasteiger partial charge on any atom is 0.266 e. The number of hydrogen-bond acceptors (Lipinski definition) is 4. The number of rotatable bonds is 5. The van der Waals surface area contributed by atoms with Crippen LogP contribution in [0.4, 0.5) is 4.39 Å². The second kappa shape index (κ2) is 9.12. The van der Waals surface area contributed by atoms with Crippen LogP contribution in [0.1, 0.15) is 23.2 Å². The van der Waals surface area contributed by atoms with Crippen molar-refractivity contribution in [1.29, 1.82) is 0 Å². The summed E-state index contributed by atoms with van der Waals surface area (Å²) in [6.07, 6.45) is 1.53. The highest BCUT2D eigenvalue weighted by atomic mass is 19.1. The van der Waals surface area contributed by atoms with Crippen LogP contribution in [0.5, 0.6) is 5.75 Å². The van der Waals surface area contributed by atoms with Crippen LogP contribution in [0.2, 0.25) is 0 Å². The lowest BCUT2D eigenvalue weighted by Crippen LogP contribution is -2.40. The van der Waals surface area contributed by atoms with Gasteiger partial charge in [-0.25, -0.2) is 9.07 Å². The largest absolute Gasteiger partial charge is 0.497 e. The van der Waals surface area contributed by atoms with Crippen LogP contribution in [0.15, 0.2) is 65.5 Å². The van der Waals surface area contributed by atoms with Gasteiger partial charge in [0.1, 0.15) is 11.6 Å². The molecule has 0 bridgehead atoms. The fourth-order valence-corrected chi connectivity index (χ4v) is 3.86. The summed E-state index contributed by atoms with van der Waals surface area (Å²) < 4.78 is 20.1. The molecule has 0 N–H and O–H groups in total. The van der Waals surface area contributed by atoms with E-state index < -0.39 is 5.82 Å². The Kier molecular flexibility index (Phi) is 6.11. The van der Waals surface area contributed by atoms with E-state index in [1.807, 2.05) is 24.3 Å². The number of piperidine rings is 1. The predicted molar refractivity (Wildman–Crippen MR) is 116 cm³/mol. The second-order valence-corrected chi connectivity index (χ2v) is 7.71. The molecule has 1 aliphatic rings. The van der Waals surface area contributed by atoms with Crippen LogP contribution < -0.4 is 10.3 Å². The van der Waals surface area contributed by atoms with E-state index in [1.165, 1.54) is 22.9 Å². The number of nitrogens with zero attached hydrogens (tertiary/aromatic N) is 3. The molecule has 4 rings (SSSR count). The number of aromatic nitrogens is 2. The third kappa shape index (κ3) is 4.82. The Morgan fingerprint density at radius 1 is 1.10 bits per heavy atom. The Morgan fingerprint density at radius 2 is 1.84 bits per heavy atom. The maximum absolute atomic E-state index is 13.4. The van der Waals surface area contributed by atoms with E-state index in [-0.39, 0.29) is 17.4 Å². The van der Waals surface area contributed by atoms with Gasteiger partial charge >= 0.3 is 0 Å². The van der Waals surface area contributed by atoms with Gasteiger partial charge in [-0.3, -0.25) is 9.59 Å². The van der Waals surface area contributed by atoms with Crippen molar-refractivity contribution in [1.82, 2.24) is 14.7 Å². The number of carbonyl (C=O) groups is 1. The molecular weight excluding hydrogens is 397 g/mol. The number of halogens is 1. The van der Waals surface area contributed by atoms with Gasteiger partial charge in [-0.2, -0.15) is 5.10 Å². The second-order valence-electron chi connectivity index (χ2n) is 7.71. The Balaban J connectivity index is 1.41. The van der Waals surface area contributed by atoms with Gasteiger partial charge in [0, 0.05) is 36.8 Å². The van der Waals surface area contributed by atoms with E-state index in [0.717, 1.165) is 29.8 Å². The van der Waals surface area contributed by atoms with E-state index in [0.29, 0.717) is 25.2 Å². The smallest absolute Gasteiger partial charge is 0.266 e. The molecule has 7 heteroatoms. The molecule has 0 spiro atoms. The summed E-state index contributed by atoms with van der Waals surface area (Å²) in [6, 6.07) is 16.6. The summed E-state index contributed by atoms with van der Waals surface area (Å²) in [7, 11) is 1.62. The Labute approximate surface area is 179 Å². The fourth-order valence-electron chi connectivity index (χ4n) is 3.86. The van der Waals surface area contributed by atoms with Crippen molar-refractivity contribution in [2.75, 3.05) is 20.2 Å². The molecule has 1 saturated heterocycles. The van der Waals surface area contributed by atoms with E-state index in [4.69, 9.17) is 4.74 Å². The number of methoxy groups -OCH3 is 1. The van der Waals surface area contributed by atoms with Crippen LogP contribution in [-0.4, -0.2) is 40.8 Å². The average Bonchev–Trinajstić information content (AvgIpc) is 2.80. The Morgan fingerprint density at radius 3 is 2.52 bits per heavy atom. The van der Waals surface area contributed by atoms with Crippen molar-refractivity contribution in [3.63, 3.8) is 0 Å². The fraction of sp³-hybridized carbons (Fsp3) is 0.292. The molecule has 0 saturated carbocycles. The summed E-state index contributed by atoms with van der Waals surface area (Å²) in [5.74, 6) is 0.433. The molecule has 1 aromatic heterocycles. The summed E-state index contributed by atoms with van der Waals surface area (Å²) in [5.41, 5.74) is 1.85. The highest BCUT2D eigenvalue weighted by Crippen LogP contribution is 2.22. The molecule has 1 aliphatic heterocycles. The lowest BCUT2D eigenvalue weighted by molar-refractivity contribution is 0.0680. The maximum atomic E-state index is 13.4. The third-order valence-corrected chi connectivity index (χ3v) is 5.66. The average molecular weight is 421 g/mol. The number of carbonyl (C=O) groups excluding carboxylic acids is 1. The molecule has 6 nitrogen and oxygen atoms in total. The molecule has 3 aromatic rings. The van der Waals surface area contributed by atoms with Crippen LogP contribution >= 0.6 is 0 Å². The highest BCUT2D eigenvalue weighted by Gasteiger charge is 2.24. The van der Waals surface area contributed by atoms with Gasteiger partial charge in [-0.1, -0.05) is 6.07 Å². The van der Waals surface area contributed by atoms with Gasteiger partial charge < -0.3 is 9.64 Å². The van der Waals surface area contributed by atoms with Crippen molar-refractivity contribution in [2.45, 2.75) is 19.4 Å². The molecule has 1 amide bonds. The molecule has 0 radical (unpaired) electrons. The zero-order valence-electron chi connectivity index (χ0n) is 17.3. The molecule has 2 aromatic carbocycles. The Bertz CT molecular complexity index is 1120. The highest BCUT2D eigenvalue weighted by molar-refractivity contribution is 5.94. The molecule has 1 fully saturated rings. The van der Waals surface area contributed by atoms with Gasteiger partial charge in [0.05, 0.1) is 12.8 Å². The van der Waals surface area contributed by atoms with Crippen molar-refractivity contribution in [3.05, 3.63) is 82.4 Å². The first-order valence-corrected chi connectivity index (χ1v) is 10.3. The first-order valence-electron chi connectivity index (χ1n) is 10.3. The zero-order chi connectivity index (χ0) is 21.8. The van der Waals surface area contributed by atoms with E-state index in [9.17, 15) is 14.0 Å². The normalized spacial score (nSPS) is 14.5. The molecule has 0 atom stereocenters. The van der Waals surface area contributed by atoms with E-state index >= 15 is 0 Å². The molecule has 0 unspecified atom stereocenters. The number of amides is 1. The molecule has 160 valence electrons. The first-order chi connectivity index (χ1) is 15.0. The van der Waals surface area contributed by atoms with Gasteiger partial charge in [0.15, 0.2) is 0 Å². The lowest BCUT2D eigenvalue weighted by atomic mass is 9.96. The summed E-state index contributed by atoms with van der Waals surface area (Å²) in [5, 5.41) is 4.54. The van der Waals surface area contributed by atoms with E-state index in [2.05, 4.69) is 5.10 Å². The van der Waals surface area contributed by atoms with Gasteiger partial charge in [0.2, 0.25) is 0 Å². The summed E-state index contributed by atoms with van der Waals surface area (Å²) in [6.45, 7) is 1.66. The molecule has 2 heterocycles. The van der Waals surface area contributed by atoms with Crippen LogP contribution in [0.25, 0.3) is 11.3 Å².